The first-order chi connectivity index (χ1) is 35.6. The summed E-state index contributed by atoms with van der Waals surface area (Å²) in [5.74, 6) is 3.67. The topological polar surface area (TPSA) is 75.6 Å². The summed E-state index contributed by atoms with van der Waals surface area (Å²) in [6.45, 7) is 33.2. The summed E-state index contributed by atoms with van der Waals surface area (Å²) in [6, 6.07) is 29.1. The number of phenolic OH excluding ortho intramolecular Hbond substituents is 1. The number of phenols is 1. The standard InChI is InChI=1S/C35H49O4PS.C27H41O3P.C2H6/c1-9-11-12-13-14-15-20-37-40(38-29-18-16-25(3)17-19-29)39-32-22-27(5)33(23-28(32)10-2)41-34-24-30(35(6,7)8)31(36)21-26(34)4;1-6-10-11-12-13-14-19-28-31(29-26-17-15-22(5)20-24(26)8-3)30-27-18-16-23(7-2)21-25(27)9-4;1-2/h16-19,21-24,36H,9-15,20H2,1-8H3;15-18,20-21H,6-14,19H2,1-5H3;1-2H3. The van der Waals surface area contributed by atoms with Gasteiger partial charge in [-0.3, -0.25) is 9.05 Å². The fraction of sp³-hybridized carbons (Fsp3) is 0.531. The maximum absolute atomic E-state index is 10.6. The van der Waals surface area contributed by atoms with Gasteiger partial charge in [0.2, 0.25) is 0 Å². The molecule has 410 valence electrons. The number of unbranched alkanes of at least 4 members (excludes halogenated alkanes) is 10. The highest BCUT2D eigenvalue weighted by atomic mass is 32.2. The van der Waals surface area contributed by atoms with Crippen molar-refractivity contribution < 1.29 is 32.2 Å². The van der Waals surface area contributed by atoms with Crippen molar-refractivity contribution in [2.45, 2.75) is 222 Å². The molecule has 5 aromatic carbocycles. The molecule has 0 bridgehead atoms. The third-order valence-electron chi connectivity index (χ3n) is 12.7. The lowest BCUT2D eigenvalue weighted by molar-refractivity contribution is 0.257. The minimum absolute atomic E-state index is 0.140. The van der Waals surface area contributed by atoms with Crippen LogP contribution >= 0.6 is 29.0 Å². The lowest BCUT2D eigenvalue weighted by atomic mass is 9.86. The predicted molar refractivity (Wildman–Crippen MR) is 320 cm³/mol. The summed E-state index contributed by atoms with van der Waals surface area (Å²) in [4.78, 5) is 2.33. The summed E-state index contributed by atoms with van der Waals surface area (Å²) in [5, 5.41) is 10.6. The zero-order chi connectivity index (χ0) is 54.5. The van der Waals surface area contributed by atoms with Gasteiger partial charge in [0.1, 0.15) is 28.7 Å². The Kier molecular flexibility index (Phi) is 31.0. The molecule has 0 aliphatic heterocycles. The van der Waals surface area contributed by atoms with Crippen molar-refractivity contribution >= 4 is 29.0 Å². The minimum Gasteiger partial charge on any atom is -0.508 e. The number of aromatic hydroxyl groups is 1. The van der Waals surface area contributed by atoms with Crippen LogP contribution in [-0.4, -0.2) is 18.3 Å². The molecule has 74 heavy (non-hydrogen) atoms. The van der Waals surface area contributed by atoms with E-state index in [1.807, 2.05) is 50.2 Å². The van der Waals surface area contributed by atoms with Gasteiger partial charge >= 0.3 is 17.2 Å². The molecule has 2 unspecified atom stereocenters. The Hall–Kier alpha value is -3.77. The van der Waals surface area contributed by atoms with Crippen LogP contribution in [0.15, 0.2) is 94.7 Å². The molecule has 5 aromatic rings. The van der Waals surface area contributed by atoms with Crippen LogP contribution in [0.1, 0.15) is 203 Å². The molecule has 5 rings (SSSR count). The fourth-order valence-corrected chi connectivity index (χ4v) is 11.3. The van der Waals surface area contributed by atoms with Crippen LogP contribution < -0.4 is 18.1 Å². The average Bonchev–Trinajstić information content (AvgIpc) is 3.38. The van der Waals surface area contributed by atoms with Crippen molar-refractivity contribution in [1.29, 1.82) is 0 Å². The minimum atomic E-state index is -1.60. The van der Waals surface area contributed by atoms with Gasteiger partial charge in [-0.15, -0.1) is 0 Å². The highest BCUT2D eigenvalue weighted by Gasteiger charge is 2.24. The highest BCUT2D eigenvalue weighted by molar-refractivity contribution is 7.99. The van der Waals surface area contributed by atoms with Crippen LogP contribution in [0.25, 0.3) is 0 Å². The van der Waals surface area contributed by atoms with Crippen LogP contribution in [0.5, 0.6) is 28.7 Å². The largest absolute Gasteiger partial charge is 0.508 e. The molecule has 7 nitrogen and oxygen atoms in total. The summed E-state index contributed by atoms with van der Waals surface area (Å²) in [5.41, 5.74) is 10.3. The van der Waals surface area contributed by atoms with Gasteiger partial charge in [-0.2, -0.15) is 0 Å². The normalized spacial score (nSPS) is 12.0. The first-order valence-electron chi connectivity index (χ1n) is 28.1. The Morgan fingerprint density at radius 1 is 0.459 bits per heavy atom. The molecule has 0 aliphatic carbocycles. The molecule has 0 aliphatic rings. The van der Waals surface area contributed by atoms with Gasteiger partial charge in [0.15, 0.2) is 0 Å². The van der Waals surface area contributed by atoms with E-state index >= 15 is 0 Å². The number of benzene rings is 5. The van der Waals surface area contributed by atoms with E-state index in [1.165, 1.54) is 90.5 Å². The molecule has 0 amide bonds. The SMILES string of the molecule is CC.CCCCCCCCOP(Oc1ccc(C)cc1)Oc1cc(C)c(Sc2cc(C(C)(C)C)c(O)cc2C)cc1CC.CCCCCCCCOP(Oc1ccc(C)cc1CC)Oc1ccc(CC)cc1CC. The Balaban J connectivity index is 0.000000392. The molecule has 0 spiro atoms. The van der Waals surface area contributed by atoms with E-state index in [4.69, 9.17) is 27.1 Å². The van der Waals surface area contributed by atoms with Crippen LogP contribution in [0, 0.1) is 27.7 Å². The molecule has 0 saturated carbocycles. The quantitative estimate of drug-likeness (QED) is 0.0360. The van der Waals surface area contributed by atoms with Crippen molar-refractivity contribution in [3.63, 3.8) is 0 Å². The maximum atomic E-state index is 10.6. The average molecular weight is 1070 g/mol. The van der Waals surface area contributed by atoms with E-state index in [9.17, 15) is 5.11 Å². The van der Waals surface area contributed by atoms with Crippen LogP contribution in [-0.2, 0) is 40.1 Å². The molecular formula is C64H96O7P2S. The van der Waals surface area contributed by atoms with E-state index in [1.54, 1.807) is 11.8 Å². The molecule has 0 fully saturated rings. The van der Waals surface area contributed by atoms with Gasteiger partial charge < -0.3 is 23.2 Å². The lowest BCUT2D eigenvalue weighted by Gasteiger charge is -2.23. The van der Waals surface area contributed by atoms with Gasteiger partial charge in [-0.05, 0) is 154 Å². The first-order valence-corrected chi connectivity index (χ1v) is 31.1. The molecular weight excluding hydrogens is 975 g/mol. The van der Waals surface area contributed by atoms with Crippen LogP contribution in [0.4, 0.5) is 0 Å². The third kappa shape index (κ3) is 22.8. The second-order valence-corrected chi connectivity index (χ2v) is 23.2. The molecule has 0 aromatic heterocycles. The van der Waals surface area contributed by atoms with Crippen molar-refractivity contribution in [2.24, 2.45) is 0 Å². The summed E-state index contributed by atoms with van der Waals surface area (Å²) in [7, 11) is -3.11. The van der Waals surface area contributed by atoms with Gasteiger partial charge in [0.25, 0.3) is 0 Å². The van der Waals surface area contributed by atoms with Crippen molar-refractivity contribution in [3.05, 3.63) is 135 Å². The summed E-state index contributed by atoms with van der Waals surface area (Å²) in [6.07, 6.45) is 18.3. The molecule has 1 N–H and O–H groups in total. The highest BCUT2D eigenvalue weighted by Crippen LogP contribution is 2.47. The van der Waals surface area contributed by atoms with Crippen molar-refractivity contribution in [1.82, 2.24) is 0 Å². The second-order valence-electron chi connectivity index (χ2n) is 20.0. The number of aryl methyl sites for hydroxylation is 8. The zero-order valence-electron chi connectivity index (χ0n) is 48.5. The lowest BCUT2D eigenvalue weighted by Crippen LogP contribution is -2.11. The van der Waals surface area contributed by atoms with Crippen molar-refractivity contribution in [2.75, 3.05) is 13.2 Å². The van der Waals surface area contributed by atoms with E-state index in [-0.39, 0.29) is 5.41 Å². The molecule has 2 atom stereocenters. The van der Waals surface area contributed by atoms with Gasteiger partial charge in [-0.1, -0.05) is 200 Å². The monoisotopic (exact) mass is 1070 g/mol. The maximum Gasteiger partial charge on any atom is 0.463 e. The second kappa shape index (κ2) is 35.5. The smallest absolute Gasteiger partial charge is 0.463 e. The van der Waals surface area contributed by atoms with E-state index in [0.29, 0.717) is 19.0 Å². The van der Waals surface area contributed by atoms with E-state index < -0.39 is 17.2 Å². The fourth-order valence-electron chi connectivity index (χ4n) is 8.08. The Bertz CT molecular complexity index is 2340. The predicted octanol–water partition coefficient (Wildman–Crippen LogP) is 21.2. The summed E-state index contributed by atoms with van der Waals surface area (Å²) < 4.78 is 37.8. The van der Waals surface area contributed by atoms with Crippen LogP contribution in [0.3, 0.4) is 0 Å². The zero-order valence-corrected chi connectivity index (χ0v) is 51.1. The number of rotatable bonds is 30. The van der Waals surface area contributed by atoms with Crippen molar-refractivity contribution in [3.8, 4) is 28.7 Å². The third-order valence-corrected chi connectivity index (χ3v) is 16.2. The Morgan fingerprint density at radius 2 is 0.919 bits per heavy atom. The first kappa shape index (κ1) is 64.5. The van der Waals surface area contributed by atoms with Gasteiger partial charge in [0, 0.05) is 15.4 Å². The molecule has 0 heterocycles. The number of hydrogen-bond donors (Lipinski definition) is 1. The molecule has 0 radical (unpaired) electrons. The number of hydrogen-bond acceptors (Lipinski definition) is 8. The Labute approximate surface area is 457 Å². The van der Waals surface area contributed by atoms with E-state index in [0.717, 1.165) is 95.1 Å². The van der Waals surface area contributed by atoms with Crippen LogP contribution in [0.2, 0.25) is 0 Å². The van der Waals surface area contributed by atoms with Gasteiger partial charge in [-0.25, -0.2) is 0 Å². The molecule has 10 heteroatoms. The summed E-state index contributed by atoms with van der Waals surface area (Å²) >= 11 is 1.74. The van der Waals surface area contributed by atoms with Gasteiger partial charge in [0.05, 0.1) is 13.2 Å². The molecule has 0 saturated heterocycles. The Morgan fingerprint density at radius 3 is 1.46 bits per heavy atom. The van der Waals surface area contributed by atoms with E-state index in [2.05, 4.69) is 139 Å².